The standard InChI is InChI=1S/C24H30N6O4/c1-13(2)22-26-12-27-24(29-22)25-11-18-14(3)30-34-21(18)19-8-9-20(15(4)28-19)33-17-7-5-6-16(10-17)23(31)32/h8-9,12-13,16-17H,5-7,10-11H2,1-4H3,(H,31,32)(H,25,26,27,29)/t16-,17?/m0/s1. The van der Waals surface area contributed by atoms with E-state index >= 15 is 0 Å². The third kappa shape index (κ3) is 5.32. The Bertz CT molecular complexity index is 1160. The van der Waals surface area contributed by atoms with Crippen molar-refractivity contribution in [2.75, 3.05) is 5.32 Å². The minimum absolute atomic E-state index is 0.121. The fourth-order valence-corrected chi connectivity index (χ4v) is 4.09. The molecule has 10 heteroatoms. The van der Waals surface area contributed by atoms with Crippen LogP contribution in [0.25, 0.3) is 11.5 Å². The molecule has 1 unspecified atom stereocenters. The highest BCUT2D eigenvalue weighted by molar-refractivity contribution is 5.70. The van der Waals surface area contributed by atoms with E-state index in [0.717, 1.165) is 29.9 Å². The van der Waals surface area contributed by atoms with Crippen LogP contribution in [0.3, 0.4) is 0 Å². The second kappa shape index (κ2) is 10.1. The van der Waals surface area contributed by atoms with Crippen molar-refractivity contribution < 1.29 is 19.2 Å². The maximum Gasteiger partial charge on any atom is 0.306 e. The summed E-state index contributed by atoms with van der Waals surface area (Å²) in [5.41, 5.74) is 2.97. The summed E-state index contributed by atoms with van der Waals surface area (Å²) in [5.74, 6) is 1.54. The van der Waals surface area contributed by atoms with Gasteiger partial charge in [0.2, 0.25) is 5.95 Å². The van der Waals surface area contributed by atoms with E-state index in [1.54, 1.807) is 0 Å². The number of aromatic nitrogens is 5. The van der Waals surface area contributed by atoms with Crippen molar-refractivity contribution in [3.8, 4) is 17.2 Å². The van der Waals surface area contributed by atoms with Crippen molar-refractivity contribution in [1.29, 1.82) is 0 Å². The highest BCUT2D eigenvalue weighted by Gasteiger charge is 2.28. The van der Waals surface area contributed by atoms with E-state index in [2.05, 4.69) is 30.4 Å². The summed E-state index contributed by atoms with van der Waals surface area (Å²) in [4.78, 5) is 28.9. The zero-order chi connectivity index (χ0) is 24.2. The number of rotatable bonds is 8. The molecule has 2 atom stereocenters. The topological polar surface area (TPSA) is 136 Å². The largest absolute Gasteiger partial charge is 0.489 e. The first-order valence-electron chi connectivity index (χ1n) is 11.6. The summed E-state index contributed by atoms with van der Waals surface area (Å²) in [5, 5.41) is 16.7. The van der Waals surface area contributed by atoms with Gasteiger partial charge in [0.15, 0.2) is 5.76 Å². The van der Waals surface area contributed by atoms with Crippen LogP contribution in [0.1, 0.15) is 68.2 Å². The summed E-state index contributed by atoms with van der Waals surface area (Å²) in [7, 11) is 0. The number of carbonyl (C=O) groups is 1. The van der Waals surface area contributed by atoms with Crippen molar-refractivity contribution in [2.45, 2.75) is 71.9 Å². The smallest absolute Gasteiger partial charge is 0.306 e. The van der Waals surface area contributed by atoms with Gasteiger partial charge < -0.3 is 19.7 Å². The number of carboxylic acids is 1. The van der Waals surface area contributed by atoms with E-state index in [1.807, 2.05) is 39.8 Å². The molecule has 3 heterocycles. The zero-order valence-electron chi connectivity index (χ0n) is 19.9. The van der Waals surface area contributed by atoms with Crippen molar-refractivity contribution in [3.05, 3.63) is 41.2 Å². The Hall–Kier alpha value is -3.56. The van der Waals surface area contributed by atoms with Gasteiger partial charge in [-0.1, -0.05) is 19.0 Å². The van der Waals surface area contributed by atoms with Gasteiger partial charge in [0, 0.05) is 18.0 Å². The quantitative estimate of drug-likeness (QED) is 0.494. The molecule has 0 amide bonds. The van der Waals surface area contributed by atoms with Gasteiger partial charge in [-0.15, -0.1) is 0 Å². The maximum absolute atomic E-state index is 11.3. The zero-order valence-corrected chi connectivity index (χ0v) is 19.9. The van der Waals surface area contributed by atoms with Crippen molar-refractivity contribution in [3.63, 3.8) is 0 Å². The van der Waals surface area contributed by atoms with Crippen LogP contribution in [0.2, 0.25) is 0 Å². The lowest BCUT2D eigenvalue weighted by Gasteiger charge is -2.27. The Balaban J connectivity index is 1.48. The monoisotopic (exact) mass is 466 g/mol. The predicted octanol–water partition coefficient (Wildman–Crippen LogP) is 4.30. The summed E-state index contributed by atoms with van der Waals surface area (Å²) < 4.78 is 11.7. The van der Waals surface area contributed by atoms with E-state index in [9.17, 15) is 9.90 Å². The number of ether oxygens (including phenoxy) is 1. The van der Waals surface area contributed by atoms with E-state index in [1.165, 1.54) is 6.33 Å². The molecular weight excluding hydrogens is 436 g/mol. The number of hydrogen-bond acceptors (Lipinski definition) is 9. The number of aliphatic carboxylic acids is 1. The van der Waals surface area contributed by atoms with Crippen molar-refractivity contribution >= 4 is 11.9 Å². The van der Waals surface area contributed by atoms with Crippen LogP contribution >= 0.6 is 0 Å². The van der Waals surface area contributed by atoms with Crippen LogP contribution in [0.4, 0.5) is 5.95 Å². The molecule has 0 spiro atoms. The van der Waals surface area contributed by atoms with E-state index < -0.39 is 5.97 Å². The Labute approximate surface area is 198 Å². The molecule has 3 aromatic rings. The van der Waals surface area contributed by atoms with Gasteiger partial charge in [0.05, 0.1) is 23.4 Å². The number of aryl methyl sites for hydroxylation is 2. The lowest BCUT2D eigenvalue weighted by molar-refractivity contribution is -0.143. The van der Waals surface area contributed by atoms with Gasteiger partial charge in [-0.3, -0.25) is 4.79 Å². The number of carboxylic acid groups (broad SMARTS) is 1. The van der Waals surface area contributed by atoms with Crippen molar-refractivity contribution in [1.82, 2.24) is 25.1 Å². The third-order valence-corrected chi connectivity index (χ3v) is 6.05. The van der Waals surface area contributed by atoms with Crippen LogP contribution in [0, 0.1) is 19.8 Å². The second-order valence-electron chi connectivity index (χ2n) is 8.97. The molecule has 0 bridgehead atoms. The Morgan fingerprint density at radius 2 is 2.03 bits per heavy atom. The molecule has 1 aliphatic rings. The molecular formula is C24H30N6O4. The maximum atomic E-state index is 11.3. The molecule has 0 radical (unpaired) electrons. The van der Waals surface area contributed by atoms with E-state index in [4.69, 9.17) is 9.26 Å². The van der Waals surface area contributed by atoms with Crippen LogP contribution in [0.5, 0.6) is 5.75 Å². The van der Waals surface area contributed by atoms with E-state index in [0.29, 0.717) is 48.2 Å². The first-order chi connectivity index (χ1) is 16.3. The number of pyridine rings is 1. The highest BCUT2D eigenvalue weighted by Crippen LogP contribution is 2.31. The Morgan fingerprint density at radius 1 is 1.21 bits per heavy atom. The summed E-state index contributed by atoms with van der Waals surface area (Å²) in [6.45, 7) is 8.23. The Morgan fingerprint density at radius 3 is 2.76 bits per heavy atom. The molecule has 3 aromatic heterocycles. The van der Waals surface area contributed by atoms with Crippen LogP contribution in [-0.4, -0.2) is 42.3 Å². The molecule has 1 saturated carbocycles. The SMILES string of the molecule is Cc1nc(-c2onc(C)c2CNc2ncnc(C(C)C)n2)ccc1OC1CCC[C@H](C(=O)O)C1. The fraction of sp³-hybridized carbons (Fsp3) is 0.500. The van der Waals surface area contributed by atoms with Gasteiger partial charge in [-0.05, 0) is 51.7 Å². The van der Waals surface area contributed by atoms with Gasteiger partial charge in [0.25, 0.3) is 0 Å². The highest BCUT2D eigenvalue weighted by atomic mass is 16.5. The number of hydrogen-bond donors (Lipinski definition) is 2. The first kappa shape index (κ1) is 23.6. The van der Waals surface area contributed by atoms with Crippen molar-refractivity contribution in [2.24, 2.45) is 5.92 Å². The fourth-order valence-electron chi connectivity index (χ4n) is 4.09. The predicted molar refractivity (Wildman–Crippen MR) is 124 cm³/mol. The van der Waals surface area contributed by atoms with Crippen LogP contribution < -0.4 is 10.1 Å². The first-order valence-corrected chi connectivity index (χ1v) is 11.6. The number of nitrogens with zero attached hydrogens (tertiary/aromatic N) is 5. The number of anilines is 1. The van der Waals surface area contributed by atoms with Gasteiger partial charge in [-0.2, -0.15) is 4.98 Å². The minimum Gasteiger partial charge on any atom is -0.489 e. The summed E-state index contributed by atoms with van der Waals surface area (Å²) in [6.07, 6.45) is 4.29. The lowest BCUT2D eigenvalue weighted by atomic mass is 9.87. The molecule has 0 aliphatic heterocycles. The minimum atomic E-state index is -0.752. The molecule has 4 rings (SSSR count). The average Bonchev–Trinajstić information content (AvgIpc) is 3.19. The van der Waals surface area contributed by atoms with Gasteiger partial charge >= 0.3 is 5.97 Å². The van der Waals surface area contributed by atoms with E-state index in [-0.39, 0.29) is 17.9 Å². The molecule has 0 aromatic carbocycles. The van der Waals surface area contributed by atoms with Gasteiger partial charge in [0.1, 0.15) is 23.6 Å². The van der Waals surface area contributed by atoms with Crippen LogP contribution in [0.15, 0.2) is 23.0 Å². The van der Waals surface area contributed by atoms with Gasteiger partial charge in [-0.25, -0.2) is 15.0 Å². The van der Waals surface area contributed by atoms with Crippen LogP contribution in [-0.2, 0) is 11.3 Å². The Kier molecular flexibility index (Phi) is 7.04. The summed E-state index contributed by atoms with van der Waals surface area (Å²) in [6, 6.07) is 3.70. The normalized spacial score (nSPS) is 18.1. The molecule has 0 saturated heterocycles. The average molecular weight is 467 g/mol. The lowest BCUT2D eigenvalue weighted by Crippen LogP contribution is -2.29. The molecule has 180 valence electrons. The molecule has 10 nitrogen and oxygen atoms in total. The number of nitrogens with one attached hydrogen (secondary N) is 1. The molecule has 1 aliphatic carbocycles. The summed E-state index contributed by atoms with van der Waals surface area (Å²) >= 11 is 0. The second-order valence-corrected chi connectivity index (χ2v) is 8.97. The molecule has 34 heavy (non-hydrogen) atoms. The third-order valence-electron chi connectivity index (χ3n) is 6.05. The molecule has 2 N–H and O–H groups in total. The molecule has 1 fully saturated rings.